The predicted molar refractivity (Wildman–Crippen MR) is 75.3 cm³/mol. The number of anilines is 1. The lowest BCUT2D eigenvalue weighted by Crippen LogP contribution is -2.48. The summed E-state index contributed by atoms with van der Waals surface area (Å²) in [5.41, 5.74) is 2.23. The third-order valence-electron chi connectivity index (χ3n) is 3.26. The fraction of sp³-hybridized carbons (Fsp3) is 0.429. The maximum absolute atomic E-state index is 12.5. The van der Waals surface area contributed by atoms with Crippen LogP contribution in [0.25, 0.3) is 0 Å². The summed E-state index contributed by atoms with van der Waals surface area (Å²) in [4.78, 5) is 24.6. The zero-order valence-electron chi connectivity index (χ0n) is 10.5. The SMILES string of the molecule is CCCCC1(Br)C(=O)Nc2ccc(C)cc2C1=O. The highest BCUT2D eigenvalue weighted by Gasteiger charge is 2.47. The highest BCUT2D eigenvalue weighted by Crippen LogP contribution is 2.37. The Balaban J connectivity index is 2.43. The number of Topliss-reactive ketones (excluding diaryl/α,β-unsaturated/α-hetero) is 1. The molecule has 0 radical (unpaired) electrons. The lowest BCUT2D eigenvalue weighted by Gasteiger charge is -2.30. The summed E-state index contributed by atoms with van der Waals surface area (Å²) in [6.45, 7) is 3.98. The van der Waals surface area contributed by atoms with E-state index < -0.39 is 4.32 Å². The van der Waals surface area contributed by atoms with Gasteiger partial charge >= 0.3 is 0 Å². The van der Waals surface area contributed by atoms with Gasteiger partial charge in [0, 0.05) is 5.56 Å². The second-order valence-corrected chi connectivity index (χ2v) is 6.09. The van der Waals surface area contributed by atoms with E-state index in [0.717, 1.165) is 18.4 Å². The van der Waals surface area contributed by atoms with Crippen LogP contribution >= 0.6 is 15.9 Å². The van der Waals surface area contributed by atoms with Crippen molar-refractivity contribution in [2.24, 2.45) is 0 Å². The molecule has 1 aliphatic rings. The number of alkyl halides is 1. The van der Waals surface area contributed by atoms with E-state index in [-0.39, 0.29) is 11.7 Å². The minimum Gasteiger partial charge on any atom is -0.324 e. The lowest BCUT2D eigenvalue weighted by molar-refractivity contribution is -0.117. The minimum atomic E-state index is -1.09. The molecule has 0 aromatic heterocycles. The van der Waals surface area contributed by atoms with Crippen molar-refractivity contribution in [2.75, 3.05) is 5.32 Å². The Hall–Kier alpha value is -1.16. The molecule has 1 heterocycles. The monoisotopic (exact) mass is 309 g/mol. The van der Waals surface area contributed by atoms with Gasteiger partial charge in [0.05, 0.1) is 5.69 Å². The molecule has 1 aromatic rings. The van der Waals surface area contributed by atoms with Crippen LogP contribution in [0.4, 0.5) is 5.69 Å². The predicted octanol–water partition coefficient (Wildman–Crippen LogP) is 3.45. The number of benzene rings is 1. The Morgan fingerprint density at radius 3 is 2.72 bits per heavy atom. The van der Waals surface area contributed by atoms with Gasteiger partial charge in [-0.05, 0) is 25.5 Å². The molecule has 3 nitrogen and oxygen atoms in total. The molecule has 0 spiro atoms. The summed E-state index contributed by atoms with van der Waals surface area (Å²) in [6, 6.07) is 5.51. The molecule has 0 fully saturated rings. The second kappa shape index (κ2) is 4.84. The quantitative estimate of drug-likeness (QED) is 0.686. The van der Waals surface area contributed by atoms with Crippen molar-refractivity contribution in [2.45, 2.75) is 37.4 Å². The topological polar surface area (TPSA) is 46.2 Å². The second-order valence-electron chi connectivity index (χ2n) is 4.74. The Bertz CT molecular complexity index is 513. The average Bonchev–Trinajstić information content (AvgIpc) is 2.35. The molecular weight excluding hydrogens is 294 g/mol. The lowest BCUT2D eigenvalue weighted by atomic mass is 9.87. The van der Waals surface area contributed by atoms with E-state index in [4.69, 9.17) is 0 Å². The van der Waals surface area contributed by atoms with E-state index in [1.165, 1.54) is 0 Å². The molecule has 1 N–H and O–H groups in total. The number of amides is 1. The number of rotatable bonds is 3. The summed E-state index contributed by atoms with van der Waals surface area (Å²) in [5.74, 6) is -0.379. The van der Waals surface area contributed by atoms with E-state index in [1.54, 1.807) is 6.07 Å². The molecule has 0 bridgehead atoms. The van der Waals surface area contributed by atoms with Crippen molar-refractivity contribution in [3.8, 4) is 0 Å². The van der Waals surface area contributed by atoms with Crippen molar-refractivity contribution in [3.63, 3.8) is 0 Å². The Kier molecular flexibility index (Phi) is 3.57. The number of halogens is 1. The molecular formula is C14H16BrNO2. The molecule has 4 heteroatoms. The Labute approximate surface area is 115 Å². The number of fused-ring (bicyclic) bond motifs is 1. The number of ketones is 1. The summed E-state index contributed by atoms with van der Waals surface area (Å²) in [6.07, 6.45) is 2.32. The number of hydrogen-bond acceptors (Lipinski definition) is 2. The molecule has 1 aliphatic heterocycles. The normalized spacial score (nSPS) is 22.6. The van der Waals surface area contributed by atoms with Gasteiger partial charge in [0.25, 0.3) is 0 Å². The molecule has 2 rings (SSSR count). The van der Waals surface area contributed by atoms with Crippen LogP contribution in [0, 0.1) is 6.92 Å². The largest absolute Gasteiger partial charge is 0.324 e. The van der Waals surface area contributed by atoms with Crippen molar-refractivity contribution >= 4 is 33.3 Å². The molecule has 18 heavy (non-hydrogen) atoms. The first kappa shape index (κ1) is 13.3. The first-order valence-corrected chi connectivity index (χ1v) is 6.94. The molecule has 1 amide bonds. The maximum atomic E-state index is 12.5. The van der Waals surface area contributed by atoms with Gasteiger partial charge in [-0.25, -0.2) is 0 Å². The third kappa shape index (κ3) is 2.09. The zero-order valence-corrected chi connectivity index (χ0v) is 12.1. The van der Waals surface area contributed by atoms with Gasteiger partial charge in [0.2, 0.25) is 5.91 Å². The Morgan fingerprint density at radius 1 is 1.33 bits per heavy atom. The molecule has 1 unspecified atom stereocenters. The summed E-state index contributed by atoms with van der Waals surface area (Å²) in [5, 5.41) is 2.81. The van der Waals surface area contributed by atoms with Gasteiger partial charge in [0.1, 0.15) is 0 Å². The van der Waals surface area contributed by atoms with E-state index in [9.17, 15) is 9.59 Å². The maximum Gasteiger partial charge on any atom is 0.249 e. The number of carbonyl (C=O) groups is 2. The zero-order chi connectivity index (χ0) is 13.3. The van der Waals surface area contributed by atoms with Gasteiger partial charge in [-0.3, -0.25) is 9.59 Å². The van der Waals surface area contributed by atoms with Crippen molar-refractivity contribution in [1.29, 1.82) is 0 Å². The Morgan fingerprint density at radius 2 is 2.06 bits per heavy atom. The molecule has 0 saturated heterocycles. The fourth-order valence-corrected chi connectivity index (χ4v) is 2.73. The molecule has 96 valence electrons. The smallest absolute Gasteiger partial charge is 0.249 e. The van der Waals surface area contributed by atoms with Crippen LogP contribution in [0.1, 0.15) is 42.1 Å². The van der Waals surface area contributed by atoms with E-state index in [0.29, 0.717) is 17.7 Å². The number of unbranched alkanes of at least 4 members (excludes halogenated alkanes) is 1. The first-order chi connectivity index (χ1) is 8.49. The summed E-state index contributed by atoms with van der Waals surface area (Å²) in [7, 11) is 0. The molecule has 0 aliphatic carbocycles. The fourth-order valence-electron chi connectivity index (χ4n) is 2.14. The average molecular weight is 310 g/mol. The van der Waals surface area contributed by atoms with Gasteiger partial charge in [-0.15, -0.1) is 0 Å². The summed E-state index contributed by atoms with van der Waals surface area (Å²) >= 11 is 3.36. The van der Waals surface area contributed by atoms with Crippen LogP contribution < -0.4 is 5.32 Å². The van der Waals surface area contributed by atoms with E-state index in [2.05, 4.69) is 21.2 Å². The van der Waals surface area contributed by atoms with Crippen molar-refractivity contribution < 1.29 is 9.59 Å². The third-order valence-corrected chi connectivity index (χ3v) is 4.38. The first-order valence-electron chi connectivity index (χ1n) is 6.15. The summed E-state index contributed by atoms with van der Waals surface area (Å²) < 4.78 is -1.09. The highest BCUT2D eigenvalue weighted by atomic mass is 79.9. The van der Waals surface area contributed by atoms with Gasteiger partial charge < -0.3 is 5.32 Å². The van der Waals surface area contributed by atoms with Crippen LogP contribution in [0.2, 0.25) is 0 Å². The standard InChI is InChI=1S/C14H16BrNO2/c1-3-4-7-14(15)12(17)10-8-9(2)5-6-11(10)16-13(14)18/h5-6,8H,3-4,7H2,1-2H3,(H,16,18). The highest BCUT2D eigenvalue weighted by molar-refractivity contribution is 9.10. The van der Waals surface area contributed by atoms with Gasteiger partial charge in [-0.2, -0.15) is 0 Å². The van der Waals surface area contributed by atoms with Crippen LogP contribution in [-0.2, 0) is 4.79 Å². The number of aryl methyl sites for hydroxylation is 1. The van der Waals surface area contributed by atoms with Gasteiger partial charge in [-0.1, -0.05) is 47.3 Å². The van der Waals surface area contributed by atoms with Crippen molar-refractivity contribution in [3.05, 3.63) is 29.3 Å². The molecule has 1 atom stereocenters. The molecule has 0 saturated carbocycles. The molecule has 1 aromatic carbocycles. The van der Waals surface area contributed by atoms with Crippen LogP contribution in [-0.4, -0.2) is 16.0 Å². The van der Waals surface area contributed by atoms with Crippen LogP contribution in [0.5, 0.6) is 0 Å². The van der Waals surface area contributed by atoms with Gasteiger partial charge in [0.15, 0.2) is 10.1 Å². The van der Waals surface area contributed by atoms with Crippen molar-refractivity contribution in [1.82, 2.24) is 0 Å². The minimum absolute atomic E-state index is 0.126. The number of carbonyl (C=O) groups excluding carboxylic acids is 2. The van der Waals surface area contributed by atoms with Crippen LogP contribution in [0.15, 0.2) is 18.2 Å². The van der Waals surface area contributed by atoms with E-state index in [1.807, 2.05) is 26.0 Å². The number of nitrogens with one attached hydrogen (secondary N) is 1. The van der Waals surface area contributed by atoms with E-state index >= 15 is 0 Å². The van der Waals surface area contributed by atoms with Crippen LogP contribution in [0.3, 0.4) is 0 Å². The number of hydrogen-bond donors (Lipinski definition) is 1.